The Balaban J connectivity index is 1.79. The quantitative estimate of drug-likeness (QED) is 0.672. The average molecular weight is 392 g/mol. The summed E-state index contributed by atoms with van der Waals surface area (Å²) in [6, 6.07) is 0. The number of ketones is 1. The van der Waals surface area contributed by atoms with E-state index >= 15 is 4.39 Å². The highest BCUT2D eigenvalue weighted by atomic mass is 19.1. The normalized spacial score (nSPS) is 51.0. The zero-order valence-electron chi connectivity index (χ0n) is 16.6. The predicted molar refractivity (Wildman–Crippen MR) is 100 cm³/mol. The van der Waals surface area contributed by atoms with Gasteiger partial charge in [-0.15, -0.1) is 0 Å². The molecule has 0 unspecified atom stereocenters. The van der Waals surface area contributed by atoms with Crippen LogP contribution in [-0.4, -0.2) is 44.9 Å². The molecule has 0 heterocycles. The van der Waals surface area contributed by atoms with E-state index in [0.29, 0.717) is 19.3 Å². The lowest BCUT2D eigenvalue weighted by molar-refractivity contribution is -0.202. The lowest BCUT2D eigenvalue weighted by atomic mass is 9.45. The lowest BCUT2D eigenvalue weighted by Crippen LogP contribution is -2.67. The molecule has 4 aliphatic rings. The molecule has 3 fully saturated rings. The molecule has 0 spiro atoms. The van der Waals surface area contributed by atoms with Gasteiger partial charge >= 0.3 is 5.97 Å². The number of rotatable bonds is 2. The van der Waals surface area contributed by atoms with Gasteiger partial charge in [0.25, 0.3) is 0 Å². The van der Waals surface area contributed by atoms with Crippen molar-refractivity contribution in [2.45, 2.75) is 64.3 Å². The summed E-state index contributed by atoms with van der Waals surface area (Å²) < 4.78 is 16.8. The number of allylic oxidation sites excluding steroid dienone is 4. The van der Waals surface area contributed by atoms with E-state index in [9.17, 15) is 24.9 Å². The molecule has 4 rings (SSSR count). The molecule has 0 aromatic heterocycles. The van der Waals surface area contributed by atoms with E-state index in [1.54, 1.807) is 13.0 Å². The third-order valence-electron chi connectivity index (χ3n) is 8.67. The summed E-state index contributed by atoms with van der Waals surface area (Å²) in [5.74, 6) is -2.59. The van der Waals surface area contributed by atoms with E-state index in [1.807, 2.05) is 13.8 Å². The molecule has 154 valence electrons. The first-order valence-electron chi connectivity index (χ1n) is 10.2. The molecule has 0 radical (unpaired) electrons. The van der Waals surface area contributed by atoms with Gasteiger partial charge in [-0.2, -0.15) is 0 Å². The fourth-order valence-corrected chi connectivity index (χ4v) is 7.44. The van der Waals surface area contributed by atoms with E-state index < -0.39 is 46.5 Å². The number of carboxylic acid groups (broad SMARTS) is 1. The van der Waals surface area contributed by atoms with Crippen LogP contribution in [0.15, 0.2) is 23.8 Å². The molecular formula is C22H29FO5. The van der Waals surface area contributed by atoms with Gasteiger partial charge < -0.3 is 15.3 Å². The largest absolute Gasteiger partial charge is 0.479 e. The Kier molecular flexibility index (Phi) is 4.23. The molecule has 3 saturated carbocycles. The Morgan fingerprint density at radius 3 is 2.64 bits per heavy atom. The van der Waals surface area contributed by atoms with Crippen LogP contribution in [0.5, 0.6) is 0 Å². The van der Waals surface area contributed by atoms with Crippen molar-refractivity contribution in [3.63, 3.8) is 0 Å². The zero-order valence-corrected chi connectivity index (χ0v) is 16.6. The highest BCUT2D eigenvalue weighted by Gasteiger charge is 2.71. The minimum Gasteiger partial charge on any atom is -0.479 e. The Morgan fingerprint density at radius 2 is 2.00 bits per heavy atom. The third-order valence-corrected chi connectivity index (χ3v) is 8.67. The molecule has 0 saturated heterocycles. The molecule has 0 aliphatic heterocycles. The SMILES string of the molecule is C[C@H]1C[C@@H]2[C@@H]3CCC4=CC(=O)C=C[C@]4(C)[C@@]3(F)[C@@H](O)C[C@@]2(C)[C@@H]1[C@@H](O)C(=O)O. The molecule has 5 nitrogen and oxygen atoms in total. The maximum atomic E-state index is 16.8. The van der Waals surface area contributed by atoms with Crippen LogP contribution >= 0.6 is 0 Å². The number of alkyl halides is 1. The van der Waals surface area contributed by atoms with Gasteiger partial charge in [-0.1, -0.05) is 25.5 Å². The van der Waals surface area contributed by atoms with Gasteiger partial charge in [0.05, 0.1) is 6.10 Å². The first kappa shape index (κ1) is 19.8. The van der Waals surface area contributed by atoms with E-state index in [-0.39, 0.29) is 24.0 Å². The monoisotopic (exact) mass is 392 g/mol. The van der Waals surface area contributed by atoms with Crippen LogP contribution < -0.4 is 0 Å². The van der Waals surface area contributed by atoms with Crippen LogP contribution in [0.1, 0.15) is 46.5 Å². The summed E-state index contributed by atoms with van der Waals surface area (Å²) >= 11 is 0. The van der Waals surface area contributed by atoms with Crippen molar-refractivity contribution >= 4 is 11.8 Å². The number of hydrogen-bond acceptors (Lipinski definition) is 4. The molecule has 0 aromatic carbocycles. The highest BCUT2D eigenvalue weighted by Crippen LogP contribution is 2.70. The number of halogens is 1. The topological polar surface area (TPSA) is 94.8 Å². The minimum atomic E-state index is -1.92. The fraction of sp³-hybridized carbons (Fsp3) is 0.727. The van der Waals surface area contributed by atoms with Gasteiger partial charge in [0, 0.05) is 17.3 Å². The van der Waals surface area contributed by atoms with Crippen LogP contribution in [0.4, 0.5) is 4.39 Å². The fourth-order valence-electron chi connectivity index (χ4n) is 7.44. The first-order chi connectivity index (χ1) is 13.0. The van der Waals surface area contributed by atoms with E-state index in [0.717, 1.165) is 5.57 Å². The average Bonchev–Trinajstić information content (AvgIpc) is 2.86. The summed E-state index contributed by atoms with van der Waals surface area (Å²) in [5.41, 5.74) is -2.88. The number of fused-ring (bicyclic) bond motifs is 5. The number of carbonyl (C=O) groups excluding carboxylic acids is 1. The van der Waals surface area contributed by atoms with Crippen LogP contribution in [0.25, 0.3) is 0 Å². The first-order valence-corrected chi connectivity index (χ1v) is 10.2. The predicted octanol–water partition coefficient (Wildman–Crippen LogP) is 2.66. The number of aliphatic hydroxyl groups excluding tert-OH is 2. The van der Waals surface area contributed by atoms with Gasteiger partial charge in [-0.05, 0) is 62.0 Å². The molecule has 0 bridgehead atoms. The molecule has 0 amide bonds. The number of carbonyl (C=O) groups is 2. The molecule has 28 heavy (non-hydrogen) atoms. The summed E-state index contributed by atoms with van der Waals surface area (Å²) in [4.78, 5) is 23.3. The van der Waals surface area contributed by atoms with Crippen molar-refractivity contribution in [3.8, 4) is 0 Å². The maximum Gasteiger partial charge on any atom is 0.332 e. The molecule has 4 aliphatic carbocycles. The van der Waals surface area contributed by atoms with Crippen molar-refractivity contribution in [1.29, 1.82) is 0 Å². The molecule has 3 N–H and O–H groups in total. The van der Waals surface area contributed by atoms with E-state index in [4.69, 9.17) is 0 Å². The lowest BCUT2D eigenvalue weighted by Gasteiger charge is -2.62. The van der Waals surface area contributed by atoms with Crippen LogP contribution in [0, 0.1) is 34.5 Å². The minimum absolute atomic E-state index is 0.0797. The summed E-state index contributed by atoms with van der Waals surface area (Å²) in [6.07, 6.45) is 3.53. The second-order valence-corrected chi connectivity index (χ2v) is 9.87. The van der Waals surface area contributed by atoms with Crippen molar-refractivity contribution in [2.24, 2.45) is 34.5 Å². The second kappa shape index (κ2) is 5.99. The van der Waals surface area contributed by atoms with Crippen LogP contribution in [-0.2, 0) is 9.59 Å². The molecular weight excluding hydrogens is 363 g/mol. The molecule has 9 atom stereocenters. The highest BCUT2D eigenvalue weighted by molar-refractivity contribution is 6.01. The van der Waals surface area contributed by atoms with E-state index in [1.165, 1.54) is 12.2 Å². The Hall–Kier alpha value is -1.53. The van der Waals surface area contributed by atoms with Crippen molar-refractivity contribution in [3.05, 3.63) is 23.8 Å². The Morgan fingerprint density at radius 1 is 1.32 bits per heavy atom. The number of aliphatic carboxylic acids is 1. The summed E-state index contributed by atoms with van der Waals surface area (Å²) in [7, 11) is 0. The maximum absolute atomic E-state index is 16.8. The van der Waals surface area contributed by atoms with Crippen molar-refractivity contribution in [2.75, 3.05) is 0 Å². The summed E-state index contributed by atoms with van der Waals surface area (Å²) in [5, 5.41) is 30.9. The summed E-state index contributed by atoms with van der Waals surface area (Å²) in [6.45, 7) is 5.60. The molecule has 6 heteroatoms. The van der Waals surface area contributed by atoms with Gasteiger partial charge in [0.2, 0.25) is 0 Å². The zero-order chi connectivity index (χ0) is 20.6. The third kappa shape index (κ3) is 2.25. The van der Waals surface area contributed by atoms with Crippen LogP contribution in [0.2, 0.25) is 0 Å². The van der Waals surface area contributed by atoms with E-state index in [2.05, 4.69) is 0 Å². The second-order valence-electron chi connectivity index (χ2n) is 9.87. The molecule has 0 aromatic rings. The van der Waals surface area contributed by atoms with Gasteiger partial charge in [-0.25, -0.2) is 9.18 Å². The number of carboxylic acids is 1. The van der Waals surface area contributed by atoms with Crippen molar-refractivity contribution < 1.29 is 29.3 Å². The Bertz CT molecular complexity index is 790. The van der Waals surface area contributed by atoms with Gasteiger partial charge in [0.1, 0.15) is 0 Å². The standard InChI is InChI=1S/C22H29FO5/c1-11-8-15-14-5-4-12-9-13(24)6-7-21(12,3)22(14,23)16(25)10-20(15,2)17(11)18(26)19(27)28/h6-7,9,11,14-18,25-26H,4-5,8,10H2,1-3H3,(H,27,28)/t11-,14-,15+,16-,17-,18+,20+,21-,22-/m0/s1. The smallest absolute Gasteiger partial charge is 0.332 e. The van der Waals surface area contributed by atoms with Crippen molar-refractivity contribution in [1.82, 2.24) is 0 Å². The number of hydrogen-bond donors (Lipinski definition) is 3. The Labute approximate surface area is 164 Å². The van der Waals surface area contributed by atoms with Gasteiger partial charge in [-0.3, -0.25) is 4.79 Å². The number of aliphatic hydroxyl groups is 2. The van der Waals surface area contributed by atoms with Crippen LogP contribution in [0.3, 0.4) is 0 Å². The van der Waals surface area contributed by atoms with Gasteiger partial charge in [0.15, 0.2) is 17.6 Å².